The highest BCUT2D eigenvalue weighted by molar-refractivity contribution is 14.1. The minimum absolute atomic E-state index is 0.0238. The summed E-state index contributed by atoms with van der Waals surface area (Å²) in [5.74, 6) is 0.0238. The van der Waals surface area contributed by atoms with Crippen molar-refractivity contribution < 1.29 is 13.5 Å². The van der Waals surface area contributed by atoms with Crippen molar-refractivity contribution >= 4 is 22.6 Å². The van der Waals surface area contributed by atoms with Crippen LogP contribution >= 0.6 is 22.6 Å². The summed E-state index contributed by atoms with van der Waals surface area (Å²) in [5.41, 5.74) is 0.00546. The highest BCUT2D eigenvalue weighted by atomic mass is 127. The molecule has 1 rings (SSSR count). The molecular weight excluding hydrogens is 317 g/mol. The molecule has 0 fully saturated rings. The fourth-order valence-electron chi connectivity index (χ4n) is 1.17. The fraction of sp³-hybridized carbons (Fsp3) is 0.333. The molecule has 0 aliphatic carbocycles. The molecule has 1 aromatic heterocycles. The van der Waals surface area contributed by atoms with Crippen molar-refractivity contribution in [3.05, 3.63) is 21.0 Å². The maximum absolute atomic E-state index is 12.8. The summed E-state index contributed by atoms with van der Waals surface area (Å²) in [6.07, 6.45) is -1.52. The van der Waals surface area contributed by atoms with Crippen molar-refractivity contribution in [3.8, 4) is 11.8 Å². The summed E-state index contributed by atoms with van der Waals surface area (Å²) in [5, 5.41) is 8.55. The van der Waals surface area contributed by atoms with Crippen LogP contribution in [0, 0.1) is 15.0 Å². The number of hydrogen-bond acceptors (Lipinski definition) is 3. The first-order valence-corrected chi connectivity index (χ1v) is 5.06. The van der Waals surface area contributed by atoms with Gasteiger partial charge in [0, 0.05) is 5.56 Å². The van der Waals surface area contributed by atoms with E-state index in [4.69, 9.17) is 10.00 Å². The molecule has 1 heterocycles. The van der Waals surface area contributed by atoms with Gasteiger partial charge in [0.05, 0.1) is 31.4 Å². The smallest absolute Gasteiger partial charge is 0.267 e. The number of hydrogen-bond donors (Lipinski definition) is 0. The highest BCUT2D eigenvalue weighted by Crippen LogP contribution is 2.33. The standard InChI is InChI=1S/C9H7F2IN2O/c1-15-6-4-14-9(12)5(2-3-13)7(6)8(10)11/h4,8H,2H2,1H3. The lowest BCUT2D eigenvalue weighted by Gasteiger charge is -2.12. The summed E-state index contributed by atoms with van der Waals surface area (Å²) >= 11 is 1.82. The third kappa shape index (κ3) is 2.53. The molecule has 0 radical (unpaired) electrons. The van der Waals surface area contributed by atoms with E-state index in [9.17, 15) is 8.78 Å². The number of ether oxygens (including phenoxy) is 1. The van der Waals surface area contributed by atoms with E-state index < -0.39 is 6.43 Å². The quantitative estimate of drug-likeness (QED) is 0.634. The number of alkyl halides is 2. The van der Waals surface area contributed by atoms with Crippen molar-refractivity contribution in [2.75, 3.05) is 7.11 Å². The summed E-state index contributed by atoms with van der Waals surface area (Å²) in [4.78, 5) is 3.89. The van der Waals surface area contributed by atoms with Crippen LogP contribution in [0.2, 0.25) is 0 Å². The fourth-order valence-corrected chi connectivity index (χ4v) is 1.79. The van der Waals surface area contributed by atoms with E-state index in [1.807, 2.05) is 28.7 Å². The van der Waals surface area contributed by atoms with Gasteiger partial charge in [-0.2, -0.15) is 5.26 Å². The average Bonchev–Trinajstić information content (AvgIpc) is 2.20. The highest BCUT2D eigenvalue weighted by Gasteiger charge is 2.21. The Morgan fingerprint density at radius 2 is 2.33 bits per heavy atom. The molecule has 1 aromatic rings. The van der Waals surface area contributed by atoms with Gasteiger partial charge < -0.3 is 4.74 Å². The second-order valence-electron chi connectivity index (χ2n) is 2.65. The number of nitrogens with zero attached hydrogens (tertiary/aromatic N) is 2. The van der Waals surface area contributed by atoms with E-state index in [2.05, 4.69) is 4.98 Å². The maximum atomic E-state index is 12.8. The predicted octanol–water partition coefficient (Wildman–Crippen LogP) is 2.70. The number of halogens is 3. The first-order valence-electron chi connectivity index (χ1n) is 3.98. The van der Waals surface area contributed by atoms with Crippen molar-refractivity contribution in [1.29, 1.82) is 5.26 Å². The molecule has 0 amide bonds. The molecule has 0 saturated heterocycles. The van der Waals surface area contributed by atoms with Crippen LogP contribution in [0.15, 0.2) is 6.20 Å². The van der Waals surface area contributed by atoms with Crippen molar-refractivity contribution in [3.63, 3.8) is 0 Å². The lowest BCUT2D eigenvalue weighted by molar-refractivity contribution is 0.145. The second kappa shape index (κ2) is 5.21. The summed E-state index contributed by atoms with van der Waals surface area (Å²) < 4.78 is 30.7. The molecule has 80 valence electrons. The molecule has 6 heteroatoms. The van der Waals surface area contributed by atoms with Crippen LogP contribution in [-0.4, -0.2) is 12.1 Å². The molecule has 3 nitrogen and oxygen atoms in total. The third-order valence-electron chi connectivity index (χ3n) is 1.83. The van der Waals surface area contributed by atoms with Gasteiger partial charge in [0.25, 0.3) is 6.43 Å². The third-order valence-corrected chi connectivity index (χ3v) is 2.76. The Morgan fingerprint density at radius 3 is 2.80 bits per heavy atom. The van der Waals surface area contributed by atoms with Gasteiger partial charge in [-0.25, -0.2) is 13.8 Å². The number of rotatable bonds is 3. The Morgan fingerprint density at radius 1 is 1.67 bits per heavy atom. The Kier molecular flexibility index (Phi) is 4.20. The van der Waals surface area contributed by atoms with Crippen LogP contribution in [0.1, 0.15) is 17.6 Å². The number of nitriles is 1. The zero-order valence-electron chi connectivity index (χ0n) is 7.80. The molecule has 0 atom stereocenters. The summed E-state index contributed by atoms with van der Waals surface area (Å²) in [7, 11) is 1.30. The predicted molar refractivity (Wildman–Crippen MR) is 57.8 cm³/mol. The van der Waals surface area contributed by atoms with E-state index >= 15 is 0 Å². The largest absolute Gasteiger partial charge is 0.495 e. The van der Waals surface area contributed by atoms with E-state index in [0.29, 0.717) is 3.70 Å². The van der Waals surface area contributed by atoms with Crippen molar-refractivity contribution in [1.82, 2.24) is 4.98 Å². The molecule has 0 saturated carbocycles. The molecule has 0 aliphatic heterocycles. The van der Waals surface area contributed by atoms with Gasteiger partial charge in [-0.1, -0.05) is 0 Å². The van der Waals surface area contributed by atoms with E-state index in [0.717, 1.165) is 0 Å². The van der Waals surface area contributed by atoms with Crippen LogP contribution in [0.25, 0.3) is 0 Å². The van der Waals surface area contributed by atoms with Crippen LogP contribution < -0.4 is 4.74 Å². The second-order valence-corrected chi connectivity index (χ2v) is 3.67. The molecule has 0 spiro atoms. The van der Waals surface area contributed by atoms with Gasteiger partial charge in [-0.3, -0.25) is 0 Å². The number of aromatic nitrogens is 1. The van der Waals surface area contributed by atoms with E-state index in [-0.39, 0.29) is 23.3 Å². The zero-order valence-corrected chi connectivity index (χ0v) is 9.96. The minimum Gasteiger partial charge on any atom is -0.495 e. The Balaban J connectivity index is 3.38. The van der Waals surface area contributed by atoms with E-state index in [1.165, 1.54) is 13.3 Å². The first-order chi connectivity index (χ1) is 7.11. The molecule has 0 bridgehead atoms. The zero-order chi connectivity index (χ0) is 11.4. The van der Waals surface area contributed by atoms with Crippen LogP contribution in [0.3, 0.4) is 0 Å². The number of pyridine rings is 1. The van der Waals surface area contributed by atoms with Gasteiger partial charge in [0.2, 0.25) is 0 Å². The molecule has 0 unspecified atom stereocenters. The Labute approximate surface area is 99.2 Å². The van der Waals surface area contributed by atoms with Crippen LogP contribution in [-0.2, 0) is 6.42 Å². The number of methoxy groups -OCH3 is 1. The van der Waals surface area contributed by atoms with Gasteiger partial charge in [0.1, 0.15) is 9.45 Å². The first kappa shape index (κ1) is 12.1. The van der Waals surface area contributed by atoms with E-state index in [1.54, 1.807) is 0 Å². The minimum atomic E-state index is -2.67. The van der Waals surface area contributed by atoms with Crippen LogP contribution in [0.5, 0.6) is 5.75 Å². The monoisotopic (exact) mass is 324 g/mol. The van der Waals surface area contributed by atoms with Crippen molar-refractivity contribution in [2.45, 2.75) is 12.8 Å². The van der Waals surface area contributed by atoms with Gasteiger partial charge in [0.15, 0.2) is 0 Å². The Hall–Kier alpha value is -0.970. The molecule has 0 aromatic carbocycles. The SMILES string of the molecule is COc1cnc(I)c(CC#N)c1C(F)F. The van der Waals surface area contributed by atoms with Gasteiger partial charge in [-0.15, -0.1) is 0 Å². The Bertz CT molecular complexity index is 404. The lowest BCUT2D eigenvalue weighted by Crippen LogP contribution is -2.03. The van der Waals surface area contributed by atoms with Gasteiger partial charge >= 0.3 is 0 Å². The molecule has 0 N–H and O–H groups in total. The normalized spacial score (nSPS) is 10.1. The molecule has 15 heavy (non-hydrogen) atoms. The van der Waals surface area contributed by atoms with Gasteiger partial charge in [-0.05, 0) is 22.6 Å². The topological polar surface area (TPSA) is 45.9 Å². The van der Waals surface area contributed by atoms with Crippen LogP contribution in [0.4, 0.5) is 8.78 Å². The average molecular weight is 324 g/mol. The maximum Gasteiger partial charge on any atom is 0.267 e. The lowest BCUT2D eigenvalue weighted by atomic mass is 10.1. The summed E-state index contributed by atoms with van der Waals surface area (Å²) in [6.45, 7) is 0. The molecule has 0 aliphatic rings. The van der Waals surface area contributed by atoms with Crippen molar-refractivity contribution in [2.24, 2.45) is 0 Å². The summed E-state index contributed by atoms with van der Waals surface area (Å²) in [6, 6.07) is 1.84. The molecular formula is C9H7F2IN2O.